The predicted molar refractivity (Wildman–Crippen MR) is 88.6 cm³/mol. The van der Waals surface area contributed by atoms with E-state index in [0.717, 1.165) is 18.6 Å². The van der Waals surface area contributed by atoms with Gasteiger partial charge < -0.3 is 14.4 Å². The molecule has 1 saturated heterocycles. The molecule has 24 heavy (non-hydrogen) atoms. The highest BCUT2D eigenvalue weighted by Crippen LogP contribution is 2.31. The lowest BCUT2D eigenvalue weighted by molar-refractivity contribution is -0.134. The van der Waals surface area contributed by atoms with Crippen LogP contribution in [0.1, 0.15) is 12.8 Å². The molecule has 3 rings (SSSR count). The molecule has 1 aliphatic carbocycles. The van der Waals surface area contributed by atoms with Crippen molar-refractivity contribution in [1.29, 1.82) is 0 Å². The van der Waals surface area contributed by atoms with Crippen LogP contribution in [-0.4, -0.2) is 68.7 Å². The number of carbonyl (C=O) groups is 1. The standard InChI is InChI=1S/C16H22N2O5S/c1-22-13-2-4-14(5-3-13)23-12-16(19)17-8-10-18(11-9-17)24(20,21)15-6-7-15/h2-5,15H,6-12H2,1H3. The van der Waals surface area contributed by atoms with Crippen LogP contribution in [0.4, 0.5) is 0 Å². The van der Waals surface area contributed by atoms with Gasteiger partial charge in [0.25, 0.3) is 5.91 Å². The number of benzene rings is 1. The molecule has 0 aromatic heterocycles. The van der Waals surface area contributed by atoms with Gasteiger partial charge in [-0.15, -0.1) is 0 Å². The maximum Gasteiger partial charge on any atom is 0.260 e. The average molecular weight is 354 g/mol. The topological polar surface area (TPSA) is 76.2 Å². The molecule has 0 radical (unpaired) electrons. The van der Waals surface area contributed by atoms with E-state index in [-0.39, 0.29) is 17.8 Å². The third-order valence-corrected chi connectivity index (χ3v) is 6.72. The van der Waals surface area contributed by atoms with Crippen LogP contribution in [0.15, 0.2) is 24.3 Å². The third-order valence-electron chi connectivity index (χ3n) is 4.32. The Balaban J connectivity index is 1.46. The SMILES string of the molecule is COc1ccc(OCC(=O)N2CCN(S(=O)(=O)C3CC3)CC2)cc1. The number of piperazine rings is 1. The highest BCUT2D eigenvalue weighted by Gasteiger charge is 2.41. The van der Waals surface area contributed by atoms with E-state index in [1.54, 1.807) is 36.3 Å². The third kappa shape index (κ3) is 3.81. The number of amides is 1. The van der Waals surface area contributed by atoms with Gasteiger partial charge in [-0.25, -0.2) is 8.42 Å². The Morgan fingerprint density at radius 3 is 2.21 bits per heavy atom. The predicted octanol–water partition coefficient (Wildman–Crippen LogP) is 0.710. The van der Waals surface area contributed by atoms with Crippen LogP contribution in [0.5, 0.6) is 11.5 Å². The van der Waals surface area contributed by atoms with Crippen LogP contribution >= 0.6 is 0 Å². The molecule has 1 aromatic carbocycles. The first-order valence-electron chi connectivity index (χ1n) is 8.04. The Hall–Kier alpha value is -1.80. The fourth-order valence-electron chi connectivity index (χ4n) is 2.68. The van der Waals surface area contributed by atoms with E-state index in [1.807, 2.05) is 0 Å². The van der Waals surface area contributed by atoms with Crippen molar-refractivity contribution in [1.82, 2.24) is 9.21 Å². The van der Waals surface area contributed by atoms with Gasteiger partial charge in [-0.3, -0.25) is 4.79 Å². The molecule has 1 amide bonds. The lowest BCUT2D eigenvalue weighted by Gasteiger charge is -2.34. The van der Waals surface area contributed by atoms with Crippen molar-refractivity contribution in [2.24, 2.45) is 0 Å². The molecule has 1 saturated carbocycles. The number of carbonyl (C=O) groups excluding carboxylic acids is 1. The Morgan fingerprint density at radius 1 is 1.08 bits per heavy atom. The summed E-state index contributed by atoms with van der Waals surface area (Å²) < 4.78 is 36.4. The highest BCUT2D eigenvalue weighted by atomic mass is 32.2. The normalized spacial score (nSPS) is 19.1. The number of hydrogen-bond donors (Lipinski definition) is 0. The van der Waals surface area contributed by atoms with Gasteiger partial charge in [0.15, 0.2) is 6.61 Å². The van der Waals surface area contributed by atoms with Gasteiger partial charge in [0.1, 0.15) is 11.5 Å². The molecule has 1 heterocycles. The minimum absolute atomic E-state index is 0.0539. The van der Waals surface area contributed by atoms with E-state index >= 15 is 0 Å². The summed E-state index contributed by atoms with van der Waals surface area (Å²) in [4.78, 5) is 13.9. The van der Waals surface area contributed by atoms with Crippen molar-refractivity contribution in [3.05, 3.63) is 24.3 Å². The van der Waals surface area contributed by atoms with Crippen LogP contribution in [0.3, 0.4) is 0 Å². The molecule has 1 aromatic rings. The van der Waals surface area contributed by atoms with Crippen LogP contribution in [0.25, 0.3) is 0 Å². The smallest absolute Gasteiger partial charge is 0.260 e. The summed E-state index contributed by atoms with van der Waals surface area (Å²) in [5.41, 5.74) is 0. The van der Waals surface area contributed by atoms with Gasteiger partial charge in [0.05, 0.1) is 12.4 Å². The molecule has 0 unspecified atom stereocenters. The number of rotatable bonds is 6. The summed E-state index contributed by atoms with van der Waals surface area (Å²) in [5.74, 6) is 1.19. The minimum Gasteiger partial charge on any atom is -0.497 e. The first-order valence-corrected chi connectivity index (χ1v) is 9.54. The van der Waals surface area contributed by atoms with Gasteiger partial charge in [-0.05, 0) is 37.1 Å². The van der Waals surface area contributed by atoms with Crippen LogP contribution in [0, 0.1) is 0 Å². The molecule has 0 N–H and O–H groups in total. The lowest BCUT2D eigenvalue weighted by Crippen LogP contribution is -2.52. The van der Waals surface area contributed by atoms with Crippen molar-refractivity contribution in [3.8, 4) is 11.5 Å². The number of nitrogens with zero attached hydrogens (tertiary/aromatic N) is 2. The summed E-state index contributed by atoms with van der Waals surface area (Å²) in [5, 5.41) is -0.196. The van der Waals surface area contributed by atoms with Crippen LogP contribution < -0.4 is 9.47 Å². The largest absolute Gasteiger partial charge is 0.497 e. The second kappa shape index (κ2) is 6.98. The lowest BCUT2D eigenvalue weighted by atomic mass is 10.3. The first-order chi connectivity index (χ1) is 11.5. The van der Waals surface area contributed by atoms with Gasteiger partial charge in [-0.2, -0.15) is 4.31 Å². The van der Waals surface area contributed by atoms with Crippen molar-refractivity contribution in [2.75, 3.05) is 39.9 Å². The molecule has 2 aliphatic rings. The van der Waals surface area contributed by atoms with Crippen molar-refractivity contribution in [2.45, 2.75) is 18.1 Å². The Kier molecular flexibility index (Phi) is 4.96. The van der Waals surface area contributed by atoms with Gasteiger partial charge in [0, 0.05) is 26.2 Å². The first kappa shape index (κ1) is 17.0. The molecule has 8 heteroatoms. The average Bonchev–Trinajstić information content (AvgIpc) is 3.46. The number of methoxy groups -OCH3 is 1. The molecular formula is C16H22N2O5S. The summed E-state index contributed by atoms with van der Waals surface area (Å²) >= 11 is 0. The Bertz CT molecular complexity index is 677. The number of ether oxygens (including phenoxy) is 2. The van der Waals surface area contributed by atoms with E-state index in [1.165, 1.54) is 4.31 Å². The second-order valence-corrected chi connectivity index (χ2v) is 8.20. The fraction of sp³-hybridized carbons (Fsp3) is 0.562. The van der Waals surface area contributed by atoms with E-state index in [0.29, 0.717) is 31.9 Å². The highest BCUT2D eigenvalue weighted by molar-refractivity contribution is 7.90. The van der Waals surface area contributed by atoms with Gasteiger partial charge in [-0.1, -0.05) is 0 Å². The summed E-state index contributed by atoms with van der Waals surface area (Å²) in [6.45, 7) is 1.51. The summed E-state index contributed by atoms with van der Waals surface area (Å²) in [6, 6.07) is 7.02. The maximum absolute atomic E-state index is 12.2. The van der Waals surface area contributed by atoms with E-state index in [4.69, 9.17) is 9.47 Å². The molecule has 132 valence electrons. The molecule has 0 atom stereocenters. The fourth-order valence-corrected chi connectivity index (χ4v) is 4.50. The van der Waals surface area contributed by atoms with Crippen LogP contribution in [0.2, 0.25) is 0 Å². The molecule has 7 nitrogen and oxygen atoms in total. The van der Waals surface area contributed by atoms with Crippen molar-refractivity contribution < 1.29 is 22.7 Å². The minimum atomic E-state index is -3.15. The summed E-state index contributed by atoms with van der Waals surface area (Å²) in [6.07, 6.45) is 1.52. The zero-order valence-electron chi connectivity index (χ0n) is 13.7. The molecular weight excluding hydrogens is 332 g/mol. The van der Waals surface area contributed by atoms with Crippen molar-refractivity contribution in [3.63, 3.8) is 0 Å². The quantitative estimate of drug-likeness (QED) is 0.752. The molecule has 0 bridgehead atoms. The Labute approximate surface area is 142 Å². The van der Waals surface area contributed by atoms with E-state index in [2.05, 4.69) is 0 Å². The van der Waals surface area contributed by atoms with E-state index in [9.17, 15) is 13.2 Å². The zero-order chi connectivity index (χ0) is 17.2. The molecule has 2 fully saturated rings. The summed E-state index contributed by atoms with van der Waals surface area (Å²) in [7, 11) is -1.56. The van der Waals surface area contributed by atoms with Gasteiger partial charge in [0.2, 0.25) is 10.0 Å². The molecule has 0 spiro atoms. The van der Waals surface area contributed by atoms with Gasteiger partial charge >= 0.3 is 0 Å². The maximum atomic E-state index is 12.2. The zero-order valence-corrected chi connectivity index (χ0v) is 14.5. The second-order valence-electron chi connectivity index (χ2n) is 5.99. The number of sulfonamides is 1. The van der Waals surface area contributed by atoms with E-state index < -0.39 is 10.0 Å². The Morgan fingerprint density at radius 2 is 1.67 bits per heavy atom. The van der Waals surface area contributed by atoms with Crippen molar-refractivity contribution >= 4 is 15.9 Å². The monoisotopic (exact) mass is 354 g/mol. The number of hydrogen-bond acceptors (Lipinski definition) is 5. The van der Waals surface area contributed by atoms with Crippen LogP contribution in [-0.2, 0) is 14.8 Å². The molecule has 1 aliphatic heterocycles.